The van der Waals surface area contributed by atoms with Gasteiger partial charge < -0.3 is 20.3 Å². The van der Waals surface area contributed by atoms with Crippen molar-refractivity contribution in [1.29, 1.82) is 0 Å². The molecule has 6 nitrogen and oxygen atoms in total. The highest BCUT2D eigenvalue weighted by atomic mass is 19.1. The molecule has 1 heterocycles. The number of aliphatic imine (C=N–C) groups is 1. The number of rotatable bonds is 10. The first-order chi connectivity index (χ1) is 15.6. The SMILES string of the molecule is CCNC(=NCc1cccc(CN2CCCC2=O)c1)NCC(CC)Oc1ccccc1F. The minimum absolute atomic E-state index is 0.183. The smallest absolute Gasteiger partial charge is 0.222 e. The molecule has 1 amide bonds. The van der Waals surface area contributed by atoms with E-state index in [0.29, 0.717) is 32.0 Å². The van der Waals surface area contributed by atoms with Gasteiger partial charge in [0, 0.05) is 26.1 Å². The third-order valence-corrected chi connectivity index (χ3v) is 5.38. The number of ether oxygens (including phenoxy) is 1. The Bertz CT molecular complexity index is 918. The molecule has 0 aromatic heterocycles. The van der Waals surface area contributed by atoms with Gasteiger partial charge in [0.05, 0.1) is 13.1 Å². The van der Waals surface area contributed by atoms with Crippen LogP contribution in [0, 0.1) is 5.82 Å². The number of hydrogen-bond acceptors (Lipinski definition) is 3. The van der Waals surface area contributed by atoms with Crippen LogP contribution in [0.5, 0.6) is 5.75 Å². The molecular formula is C25H33FN4O2. The van der Waals surface area contributed by atoms with Gasteiger partial charge in [0.1, 0.15) is 6.10 Å². The quantitative estimate of drug-likeness (QED) is 0.435. The zero-order chi connectivity index (χ0) is 22.8. The molecule has 1 aliphatic heterocycles. The van der Waals surface area contributed by atoms with Gasteiger partial charge in [-0.05, 0) is 43.0 Å². The average Bonchev–Trinajstić information content (AvgIpc) is 3.20. The number of halogens is 1. The number of guanidine groups is 1. The molecule has 1 aliphatic rings. The summed E-state index contributed by atoms with van der Waals surface area (Å²) >= 11 is 0. The molecule has 2 aromatic carbocycles. The van der Waals surface area contributed by atoms with Gasteiger partial charge in [0.2, 0.25) is 5.91 Å². The van der Waals surface area contributed by atoms with Gasteiger partial charge in [-0.15, -0.1) is 0 Å². The van der Waals surface area contributed by atoms with E-state index in [0.717, 1.165) is 37.1 Å². The summed E-state index contributed by atoms with van der Waals surface area (Å²) in [5.74, 6) is 0.816. The normalized spacial score (nSPS) is 15.0. The molecule has 0 bridgehead atoms. The zero-order valence-electron chi connectivity index (χ0n) is 18.9. The summed E-state index contributed by atoms with van der Waals surface area (Å²) in [5, 5.41) is 6.54. The maximum absolute atomic E-state index is 13.9. The maximum atomic E-state index is 13.9. The van der Waals surface area contributed by atoms with Crippen molar-refractivity contribution in [2.75, 3.05) is 19.6 Å². The lowest BCUT2D eigenvalue weighted by Crippen LogP contribution is -2.42. The number of nitrogens with one attached hydrogen (secondary N) is 2. The van der Waals surface area contributed by atoms with Crippen LogP contribution in [0.1, 0.15) is 44.2 Å². The molecule has 1 unspecified atom stereocenters. The number of para-hydroxylation sites is 1. The fourth-order valence-corrected chi connectivity index (χ4v) is 3.63. The fraction of sp³-hybridized carbons (Fsp3) is 0.440. The molecule has 1 fully saturated rings. The summed E-state index contributed by atoms with van der Waals surface area (Å²) in [6, 6.07) is 14.7. The lowest BCUT2D eigenvalue weighted by atomic mass is 10.1. The predicted molar refractivity (Wildman–Crippen MR) is 125 cm³/mol. The van der Waals surface area contributed by atoms with Gasteiger partial charge in [0.25, 0.3) is 0 Å². The minimum atomic E-state index is -0.359. The van der Waals surface area contributed by atoms with Gasteiger partial charge in [-0.1, -0.05) is 43.3 Å². The molecule has 0 aliphatic carbocycles. The fourth-order valence-electron chi connectivity index (χ4n) is 3.63. The Morgan fingerprint density at radius 1 is 1.16 bits per heavy atom. The topological polar surface area (TPSA) is 66.0 Å². The summed E-state index contributed by atoms with van der Waals surface area (Å²) in [6.45, 7) is 7.26. The molecular weight excluding hydrogens is 407 g/mol. The molecule has 3 rings (SSSR count). The van der Waals surface area contributed by atoms with Crippen molar-refractivity contribution < 1.29 is 13.9 Å². The van der Waals surface area contributed by atoms with Gasteiger partial charge in [-0.3, -0.25) is 4.79 Å². The number of benzene rings is 2. The lowest BCUT2D eigenvalue weighted by Gasteiger charge is -2.20. The Morgan fingerprint density at radius 3 is 2.69 bits per heavy atom. The van der Waals surface area contributed by atoms with Crippen molar-refractivity contribution in [2.45, 2.75) is 52.3 Å². The van der Waals surface area contributed by atoms with Crippen LogP contribution in [0.25, 0.3) is 0 Å². The summed E-state index contributed by atoms with van der Waals surface area (Å²) < 4.78 is 19.7. The van der Waals surface area contributed by atoms with Crippen molar-refractivity contribution in [1.82, 2.24) is 15.5 Å². The lowest BCUT2D eigenvalue weighted by molar-refractivity contribution is -0.128. The van der Waals surface area contributed by atoms with Crippen LogP contribution in [0.3, 0.4) is 0 Å². The highest BCUT2D eigenvalue weighted by Crippen LogP contribution is 2.18. The molecule has 0 spiro atoms. The van der Waals surface area contributed by atoms with Gasteiger partial charge in [-0.25, -0.2) is 9.38 Å². The van der Waals surface area contributed by atoms with E-state index < -0.39 is 0 Å². The van der Waals surface area contributed by atoms with Crippen LogP contribution in [-0.2, 0) is 17.9 Å². The first kappa shape index (κ1) is 23.6. The third kappa shape index (κ3) is 6.97. The Hall–Kier alpha value is -3.09. The number of carbonyl (C=O) groups excluding carboxylic acids is 1. The van der Waals surface area contributed by atoms with Crippen LogP contribution >= 0.6 is 0 Å². The van der Waals surface area contributed by atoms with Crippen molar-refractivity contribution in [3.8, 4) is 5.75 Å². The van der Waals surface area contributed by atoms with Gasteiger partial charge >= 0.3 is 0 Å². The van der Waals surface area contributed by atoms with Crippen LogP contribution in [0.15, 0.2) is 53.5 Å². The highest BCUT2D eigenvalue weighted by Gasteiger charge is 2.20. The molecule has 2 aromatic rings. The van der Waals surface area contributed by atoms with Gasteiger partial charge in [0.15, 0.2) is 17.5 Å². The van der Waals surface area contributed by atoms with Crippen LogP contribution in [-0.4, -0.2) is 42.5 Å². The number of hydrogen-bond donors (Lipinski definition) is 2. The first-order valence-corrected chi connectivity index (χ1v) is 11.4. The summed E-state index contributed by atoms with van der Waals surface area (Å²) in [7, 11) is 0. The first-order valence-electron chi connectivity index (χ1n) is 11.4. The van der Waals surface area contributed by atoms with E-state index in [2.05, 4.69) is 21.7 Å². The standard InChI is InChI=1S/C25H33FN4O2/c1-3-21(32-23-12-6-5-11-22(23)26)17-29-25(27-4-2)28-16-19-9-7-10-20(15-19)18-30-14-8-13-24(30)31/h5-7,9-12,15,21H,3-4,8,13-14,16-18H2,1-2H3,(H2,27,28,29). The Balaban J connectivity index is 1.57. The summed E-state index contributed by atoms with van der Waals surface area (Å²) in [5.41, 5.74) is 2.20. The zero-order valence-corrected chi connectivity index (χ0v) is 18.9. The Labute approximate surface area is 189 Å². The molecule has 1 atom stereocenters. The minimum Gasteiger partial charge on any atom is -0.486 e. The van der Waals surface area contributed by atoms with E-state index in [1.165, 1.54) is 6.07 Å². The molecule has 7 heteroatoms. The van der Waals surface area contributed by atoms with Crippen LogP contribution in [0.2, 0.25) is 0 Å². The van der Waals surface area contributed by atoms with Gasteiger partial charge in [-0.2, -0.15) is 0 Å². The third-order valence-electron chi connectivity index (χ3n) is 5.38. The second-order valence-corrected chi connectivity index (χ2v) is 7.89. The van der Waals surface area contributed by atoms with Crippen molar-refractivity contribution in [3.63, 3.8) is 0 Å². The monoisotopic (exact) mass is 440 g/mol. The van der Waals surface area contributed by atoms with Crippen molar-refractivity contribution in [3.05, 3.63) is 65.5 Å². The predicted octanol–water partition coefficient (Wildman–Crippen LogP) is 3.86. The number of nitrogens with zero attached hydrogens (tertiary/aromatic N) is 2. The molecule has 1 saturated heterocycles. The van der Waals surface area contributed by atoms with E-state index >= 15 is 0 Å². The Kier molecular flexibility index (Phi) is 8.90. The summed E-state index contributed by atoms with van der Waals surface area (Å²) in [6.07, 6.45) is 2.15. The molecule has 172 valence electrons. The number of amides is 1. The second-order valence-electron chi connectivity index (χ2n) is 7.89. The molecule has 32 heavy (non-hydrogen) atoms. The largest absolute Gasteiger partial charge is 0.486 e. The molecule has 2 N–H and O–H groups in total. The average molecular weight is 441 g/mol. The van der Waals surface area contributed by atoms with Crippen molar-refractivity contribution >= 4 is 11.9 Å². The number of likely N-dealkylation sites (tertiary alicyclic amines) is 1. The van der Waals surface area contributed by atoms with Crippen molar-refractivity contribution in [2.24, 2.45) is 4.99 Å². The van der Waals surface area contributed by atoms with E-state index in [4.69, 9.17) is 4.74 Å². The van der Waals surface area contributed by atoms with Crippen LogP contribution < -0.4 is 15.4 Å². The highest BCUT2D eigenvalue weighted by molar-refractivity contribution is 5.79. The maximum Gasteiger partial charge on any atom is 0.222 e. The molecule has 0 saturated carbocycles. The van der Waals surface area contributed by atoms with E-state index in [9.17, 15) is 9.18 Å². The molecule has 0 radical (unpaired) electrons. The summed E-state index contributed by atoms with van der Waals surface area (Å²) in [4.78, 5) is 18.5. The number of carbonyl (C=O) groups is 1. The van der Waals surface area contributed by atoms with E-state index in [1.54, 1.807) is 18.2 Å². The van der Waals surface area contributed by atoms with Crippen LogP contribution in [0.4, 0.5) is 4.39 Å². The Morgan fingerprint density at radius 2 is 1.97 bits per heavy atom. The van der Waals surface area contributed by atoms with E-state index in [1.807, 2.05) is 36.9 Å². The van der Waals surface area contributed by atoms with E-state index in [-0.39, 0.29) is 23.6 Å². The second kappa shape index (κ2) is 12.1.